The van der Waals surface area contributed by atoms with Gasteiger partial charge >= 0.3 is 0 Å². The summed E-state index contributed by atoms with van der Waals surface area (Å²) in [6.45, 7) is 3.84. The van der Waals surface area contributed by atoms with E-state index in [4.69, 9.17) is 4.74 Å². The van der Waals surface area contributed by atoms with Crippen molar-refractivity contribution in [2.75, 3.05) is 56.6 Å². The lowest BCUT2D eigenvalue weighted by Crippen LogP contribution is -2.48. The standard InChI is InChI=1S/C28H32N4O4/c1-36-24-12-6-21(7-13-24)14-15-29-28(35)25-4-2-3-5-26(25)30-27(34)20-31-16-18-32(19-17-31)22-8-10-23(33)11-9-22/h2-13,33H,14-20H2,1H3,(H,29,35)(H,30,34). The molecule has 1 fully saturated rings. The van der Waals surface area contributed by atoms with Crippen molar-refractivity contribution in [3.8, 4) is 11.5 Å². The van der Waals surface area contributed by atoms with Gasteiger partial charge in [0.05, 0.1) is 24.9 Å². The number of piperazine rings is 1. The first-order chi connectivity index (χ1) is 17.5. The van der Waals surface area contributed by atoms with Crippen molar-refractivity contribution in [1.82, 2.24) is 10.2 Å². The summed E-state index contributed by atoms with van der Waals surface area (Å²) in [6, 6.07) is 22.0. The molecule has 0 unspecified atom stereocenters. The van der Waals surface area contributed by atoms with Crippen LogP contribution in [0.15, 0.2) is 72.8 Å². The van der Waals surface area contributed by atoms with Crippen LogP contribution in [0.2, 0.25) is 0 Å². The molecule has 3 N–H and O–H groups in total. The molecule has 1 saturated heterocycles. The summed E-state index contributed by atoms with van der Waals surface area (Å²) in [5.74, 6) is 0.681. The molecule has 8 nitrogen and oxygen atoms in total. The lowest BCUT2D eigenvalue weighted by Gasteiger charge is -2.35. The maximum absolute atomic E-state index is 12.8. The molecule has 0 radical (unpaired) electrons. The van der Waals surface area contributed by atoms with Crippen molar-refractivity contribution in [2.45, 2.75) is 6.42 Å². The number of amides is 2. The van der Waals surface area contributed by atoms with E-state index in [-0.39, 0.29) is 24.1 Å². The first kappa shape index (κ1) is 25.1. The predicted octanol–water partition coefficient (Wildman–Crippen LogP) is 3.13. The highest BCUT2D eigenvalue weighted by Gasteiger charge is 2.20. The molecule has 188 valence electrons. The zero-order valence-electron chi connectivity index (χ0n) is 20.4. The number of nitrogens with zero attached hydrogens (tertiary/aromatic N) is 2. The van der Waals surface area contributed by atoms with E-state index < -0.39 is 0 Å². The number of phenolic OH excluding ortho intramolecular Hbond substituents is 1. The molecule has 1 aliphatic heterocycles. The molecule has 1 aliphatic rings. The lowest BCUT2D eigenvalue weighted by molar-refractivity contribution is -0.117. The molecule has 8 heteroatoms. The molecule has 1 heterocycles. The second-order valence-electron chi connectivity index (χ2n) is 8.73. The third-order valence-corrected chi connectivity index (χ3v) is 6.26. The highest BCUT2D eigenvalue weighted by Crippen LogP contribution is 2.20. The molecule has 36 heavy (non-hydrogen) atoms. The summed E-state index contributed by atoms with van der Waals surface area (Å²) in [5, 5.41) is 15.3. The van der Waals surface area contributed by atoms with E-state index in [2.05, 4.69) is 20.4 Å². The number of ether oxygens (including phenoxy) is 1. The summed E-state index contributed by atoms with van der Waals surface area (Å²) >= 11 is 0. The van der Waals surface area contributed by atoms with Crippen LogP contribution in [-0.2, 0) is 11.2 Å². The molecule has 3 aromatic rings. The number of methoxy groups -OCH3 is 1. The number of aromatic hydroxyl groups is 1. The number of rotatable bonds is 9. The average Bonchev–Trinajstić information content (AvgIpc) is 2.90. The Morgan fingerprint density at radius 2 is 1.61 bits per heavy atom. The number of anilines is 2. The number of phenols is 1. The minimum Gasteiger partial charge on any atom is -0.508 e. The third kappa shape index (κ3) is 6.76. The van der Waals surface area contributed by atoms with Gasteiger partial charge in [-0.05, 0) is 60.5 Å². The van der Waals surface area contributed by atoms with Crippen molar-refractivity contribution >= 4 is 23.2 Å². The predicted molar refractivity (Wildman–Crippen MR) is 141 cm³/mol. The van der Waals surface area contributed by atoms with Gasteiger partial charge < -0.3 is 25.4 Å². The Labute approximate surface area is 211 Å². The number of benzene rings is 3. The van der Waals surface area contributed by atoms with Crippen LogP contribution in [-0.4, -0.2) is 68.2 Å². The fourth-order valence-corrected chi connectivity index (χ4v) is 4.22. The molecule has 0 bridgehead atoms. The summed E-state index contributed by atoms with van der Waals surface area (Å²) < 4.78 is 5.17. The topological polar surface area (TPSA) is 94.1 Å². The number of carbonyl (C=O) groups is 2. The Balaban J connectivity index is 1.25. The minimum absolute atomic E-state index is 0.147. The van der Waals surface area contributed by atoms with Gasteiger partial charge in [0.25, 0.3) is 5.91 Å². The van der Waals surface area contributed by atoms with E-state index in [1.54, 1.807) is 43.5 Å². The van der Waals surface area contributed by atoms with E-state index in [1.165, 1.54) is 0 Å². The Bertz CT molecular complexity index is 1160. The van der Waals surface area contributed by atoms with Crippen LogP contribution in [0.1, 0.15) is 15.9 Å². The fraction of sp³-hybridized carbons (Fsp3) is 0.286. The minimum atomic E-state index is -0.220. The van der Waals surface area contributed by atoms with Crippen molar-refractivity contribution in [1.29, 1.82) is 0 Å². The zero-order valence-corrected chi connectivity index (χ0v) is 20.4. The number of nitrogens with one attached hydrogen (secondary N) is 2. The molecular weight excluding hydrogens is 456 g/mol. The van der Waals surface area contributed by atoms with Crippen LogP contribution >= 0.6 is 0 Å². The van der Waals surface area contributed by atoms with Gasteiger partial charge in [-0.1, -0.05) is 24.3 Å². The van der Waals surface area contributed by atoms with Gasteiger partial charge in [-0.15, -0.1) is 0 Å². The van der Waals surface area contributed by atoms with Crippen LogP contribution in [0.3, 0.4) is 0 Å². The summed E-state index contributed by atoms with van der Waals surface area (Å²) in [4.78, 5) is 29.9. The molecule has 0 aliphatic carbocycles. The summed E-state index contributed by atoms with van der Waals surface area (Å²) in [5.41, 5.74) is 3.11. The van der Waals surface area contributed by atoms with E-state index in [9.17, 15) is 14.7 Å². The van der Waals surface area contributed by atoms with E-state index in [1.807, 2.05) is 36.4 Å². The average molecular weight is 489 g/mol. The summed E-state index contributed by atoms with van der Waals surface area (Å²) in [6.07, 6.45) is 0.695. The fourth-order valence-electron chi connectivity index (χ4n) is 4.22. The quantitative estimate of drug-likeness (QED) is 0.429. The SMILES string of the molecule is COc1ccc(CCNC(=O)c2ccccc2NC(=O)CN2CCN(c3ccc(O)cc3)CC2)cc1. The normalized spacial score (nSPS) is 13.8. The lowest BCUT2D eigenvalue weighted by atomic mass is 10.1. The van der Waals surface area contributed by atoms with E-state index >= 15 is 0 Å². The van der Waals surface area contributed by atoms with Crippen LogP contribution in [0.5, 0.6) is 11.5 Å². The molecule has 0 aromatic heterocycles. The van der Waals surface area contributed by atoms with Gasteiger partial charge in [0, 0.05) is 38.4 Å². The first-order valence-electron chi connectivity index (χ1n) is 12.1. The smallest absolute Gasteiger partial charge is 0.253 e. The summed E-state index contributed by atoms with van der Waals surface area (Å²) in [7, 11) is 1.63. The van der Waals surface area contributed by atoms with Crippen LogP contribution in [0, 0.1) is 0 Å². The maximum atomic E-state index is 12.8. The highest BCUT2D eigenvalue weighted by atomic mass is 16.5. The molecule has 0 atom stereocenters. The number of hydrogen-bond acceptors (Lipinski definition) is 6. The zero-order chi connectivity index (χ0) is 25.3. The maximum Gasteiger partial charge on any atom is 0.253 e. The third-order valence-electron chi connectivity index (χ3n) is 6.26. The monoisotopic (exact) mass is 488 g/mol. The van der Waals surface area contributed by atoms with Gasteiger partial charge in [0.2, 0.25) is 5.91 Å². The van der Waals surface area contributed by atoms with Gasteiger partial charge in [0.15, 0.2) is 0 Å². The molecule has 0 spiro atoms. The van der Waals surface area contributed by atoms with Crippen molar-refractivity contribution in [3.63, 3.8) is 0 Å². The van der Waals surface area contributed by atoms with Gasteiger partial charge in [-0.2, -0.15) is 0 Å². The Hall–Kier alpha value is -4.04. The molecule has 4 rings (SSSR count). The Kier molecular flexibility index (Phi) is 8.41. The largest absolute Gasteiger partial charge is 0.508 e. The number of para-hydroxylation sites is 1. The van der Waals surface area contributed by atoms with Crippen molar-refractivity contribution in [3.05, 3.63) is 83.9 Å². The van der Waals surface area contributed by atoms with E-state index in [0.29, 0.717) is 24.2 Å². The molecule has 0 saturated carbocycles. The first-order valence-corrected chi connectivity index (χ1v) is 12.1. The highest BCUT2D eigenvalue weighted by molar-refractivity contribution is 6.04. The Morgan fingerprint density at radius 1 is 0.917 bits per heavy atom. The van der Waals surface area contributed by atoms with Gasteiger partial charge in [-0.3, -0.25) is 14.5 Å². The van der Waals surface area contributed by atoms with Gasteiger partial charge in [-0.25, -0.2) is 0 Å². The van der Waals surface area contributed by atoms with Gasteiger partial charge in [0.1, 0.15) is 11.5 Å². The van der Waals surface area contributed by atoms with Crippen LogP contribution in [0.25, 0.3) is 0 Å². The number of hydrogen-bond donors (Lipinski definition) is 3. The second-order valence-corrected chi connectivity index (χ2v) is 8.73. The van der Waals surface area contributed by atoms with E-state index in [0.717, 1.165) is 43.2 Å². The van der Waals surface area contributed by atoms with Crippen molar-refractivity contribution in [2.24, 2.45) is 0 Å². The number of carbonyl (C=O) groups excluding carboxylic acids is 2. The molecular formula is C28H32N4O4. The van der Waals surface area contributed by atoms with Crippen LogP contribution in [0.4, 0.5) is 11.4 Å². The van der Waals surface area contributed by atoms with Crippen molar-refractivity contribution < 1.29 is 19.4 Å². The molecule has 3 aromatic carbocycles. The van der Waals surface area contributed by atoms with Crippen LogP contribution < -0.4 is 20.3 Å². The second kappa shape index (κ2) is 12.1. The Morgan fingerprint density at radius 3 is 2.31 bits per heavy atom. The molecule has 2 amide bonds.